The topological polar surface area (TPSA) is 41.5 Å². The molecule has 80 valence electrons. The van der Waals surface area contributed by atoms with Crippen LogP contribution in [0.3, 0.4) is 0 Å². The van der Waals surface area contributed by atoms with Gasteiger partial charge in [-0.05, 0) is 11.5 Å². The fourth-order valence-corrected chi connectivity index (χ4v) is 1.13. The lowest BCUT2D eigenvalue weighted by molar-refractivity contribution is -0.121. The van der Waals surface area contributed by atoms with Gasteiger partial charge in [0, 0.05) is 6.42 Å². The van der Waals surface area contributed by atoms with Crippen molar-refractivity contribution in [3.8, 4) is 0 Å². The molecule has 0 aliphatic rings. The molecule has 0 spiro atoms. The van der Waals surface area contributed by atoms with Crippen molar-refractivity contribution in [2.75, 3.05) is 0 Å². The SMILES string of the molecule is CC(C)CC(=O)NN=Cc1ccccc1. The van der Waals surface area contributed by atoms with Crippen LogP contribution < -0.4 is 5.43 Å². The highest BCUT2D eigenvalue weighted by atomic mass is 16.2. The van der Waals surface area contributed by atoms with Gasteiger partial charge in [0.05, 0.1) is 6.21 Å². The lowest BCUT2D eigenvalue weighted by atomic mass is 10.1. The van der Waals surface area contributed by atoms with Gasteiger partial charge in [-0.3, -0.25) is 4.79 Å². The van der Waals surface area contributed by atoms with Crippen molar-refractivity contribution in [3.05, 3.63) is 35.9 Å². The number of nitrogens with one attached hydrogen (secondary N) is 1. The van der Waals surface area contributed by atoms with E-state index in [0.717, 1.165) is 5.56 Å². The van der Waals surface area contributed by atoms with E-state index in [0.29, 0.717) is 12.3 Å². The Hall–Kier alpha value is -1.64. The van der Waals surface area contributed by atoms with Gasteiger partial charge in [0.15, 0.2) is 0 Å². The summed E-state index contributed by atoms with van der Waals surface area (Å²) in [7, 11) is 0. The third-order valence-electron chi connectivity index (χ3n) is 1.80. The number of carbonyl (C=O) groups is 1. The van der Waals surface area contributed by atoms with Crippen molar-refractivity contribution >= 4 is 12.1 Å². The second kappa shape index (κ2) is 5.96. The summed E-state index contributed by atoms with van der Waals surface area (Å²) in [6, 6.07) is 9.65. The Morgan fingerprint density at radius 2 is 2.07 bits per heavy atom. The van der Waals surface area contributed by atoms with Gasteiger partial charge in [-0.15, -0.1) is 0 Å². The van der Waals surface area contributed by atoms with E-state index in [-0.39, 0.29) is 5.91 Å². The van der Waals surface area contributed by atoms with Crippen LogP contribution in [0.15, 0.2) is 35.4 Å². The minimum atomic E-state index is -0.0443. The molecule has 1 amide bonds. The molecule has 0 bridgehead atoms. The van der Waals surface area contributed by atoms with Crippen molar-refractivity contribution < 1.29 is 4.79 Å². The van der Waals surface area contributed by atoms with E-state index in [1.54, 1.807) is 6.21 Å². The molecule has 0 atom stereocenters. The van der Waals surface area contributed by atoms with E-state index in [1.807, 2.05) is 44.2 Å². The van der Waals surface area contributed by atoms with E-state index < -0.39 is 0 Å². The molecule has 0 unspecified atom stereocenters. The predicted molar refractivity (Wildman–Crippen MR) is 61.6 cm³/mol. The van der Waals surface area contributed by atoms with Crippen LogP contribution in [-0.2, 0) is 4.79 Å². The molecular formula is C12H16N2O. The Morgan fingerprint density at radius 3 is 2.67 bits per heavy atom. The first-order valence-electron chi connectivity index (χ1n) is 5.05. The number of nitrogens with zero attached hydrogens (tertiary/aromatic N) is 1. The van der Waals surface area contributed by atoms with Gasteiger partial charge in [-0.25, -0.2) is 5.43 Å². The summed E-state index contributed by atoms with van der Waals surface area (Å²) in [4.78, 5) is 11.2. The van der Waals surface area contributed by atoms with Crippen molar-refractivity contribution in [2.24, 2.45) is 11.0 Å². The molecule has 15 heavy (non-hydrogen) atoms. The molecule has 3 heteroatoms. The summed E-state index contributed by atoms with van der Waals surface area (Å²) in [6.45, 7) is 4.00. The Morgan fingerprint density at radius 1 is 1.40 bits per heavy atom. The molecule has 0 saturated heterocycles. The van der Waals surface area contributed by atoms with E-state index in [9.17, 15) is 4.79 Å². The Kier molecular flexibility index (Phi) is 4.54. The van der Waals surface area contributed by atoms with Crippen molar-refractivity contribution in [1.29, 1.82) is 0 Å². The van der Waals surface area contributed by atoms with Crippen molar-refractivity contribution in [2.45, 2.75) is 20.3 Å². The average Bonchev–Trinajstić information content (AvgIpc) is 2.18. The van der Waals surface area contributed by atoms with Gasteiger partial charge in [0.25, 0.3) is 0 Å². The first kappa shape index (κ1) is 11.4. The third kappa shape index (κ3) is 4.96. The summed E-state index contributed by atoms with van der Waals surface area (Å²) >= 11 is 0. The molecule has 3 nitrogen and oxygen atoms in total. The number of rotatable bonds is 4. The summed E-state index contributed by atoms with van der Waals surface area (Å²) in [6.07, 6.45) is 2.14. The average molecular weight is 204 g/mol. The van der Waals surface area contributed by atoms with Crippen LogP contribution in [0.25, 0.3) is 0 Å². The molecule has 0 fully saturated rings. The zero-order valence-electron chi connectivity index (χ0n) is 9.10. The molecule has 0 heterocycles. The highest BCUT2D eigenvalue weighted by molar-refractivity contribution is 5.82. The second-order valence-electron chi connectivity index (χ2n) is 3.80. The van der Waals surface area contributed by atoms with Crippen molar-refractivity contribution in [3.63, 3.8) is 0 Å². The third-order valence-corrected chi connectivity index (χ3v) is 1.80. The largest absolute Gasteiger partial charge is 0.273 e. The number of benzene rings is 1. The first-order chi connectivity index (χ1) is 7.18. The lowest BCUT2D eigenvalue weighted by Crippen LogP contribution is -2.19. The Balaban J connectivity index is 2.37. The molecular weight excluding hydrogens is 188 g/mol. The van der Waals surface area contributed by atoms with E-state index in [4.69, 9.17) is 0 Å². The number of hydrogen-bond donors (Lipinski definition) is 1. The highest BCUT2D eigenvalue weighted by Crippen LogP contribution is 1.98. The summed E-state index contributed by atoms with van der Waals surface area (Å²) in [5, 5.41) is 3.87. The maximum atomic E-state index is 11.2. The zero-order chi connectivity index (χ0) is 11.1. The monoisotopic (exact) mass is 204 g/mol. The molecule has 1 N–H and O–H groups in total. The van der Waals surface area contributed by atoms with Crippen LogP contribution in [0, 0.1) is 5.92 Å². The van der Waals surface area contributed by atoms with E-state index in [2.05, 4.69) is 10.5 Å². The van der Waals surface area contributed by atoms with Crippen LogP contribution in [0.5, 0.6) is 0 Å². The zero-order valence-corrected chi connectivity index (χ0v) is 9.10. The summed E-state index contributed by atoms with van der Waals surface area (Å²) in [5.41, 5.74) is 3.47. The minimum absolute atomic E-state index is 0.0443. The number of amides is 1. The summed E-state index contributed by atoms with van der Waals surface area (Å²) in [5.74, 6) is 0.314. The number of hydrazone groups is 1. The quantitative estimate of drug-likeness (QED) is 0.592. The maximum Gasteiger partial charge on any atom is 0.240 e. The fourth-order valence-electron chi connectivity index (χ4n) is 1.13. The first-order valence-corrected chi connectivity index (χ1v) is 5.05. The van der Waals surface area contributed by atoms with Crippen LogP contribution in [0.4, 0.5) is 0 Å². The van der Waals surface area contributed by atoms with Gasteiger partial charge in [-0.2, -0.15) is 5.10 Å². The molecule has 1 rings (SSSR count). The van der Waals surface area contributed by atoms with Crippen molar-refractivity contribution in [1.82, 2.24) is 5.43 Å². The number of hydrogen-bond acceptors (Lipinski definition) is 2. The summed E-state index contributed by atoms with van der Waals surface area (Å²) < 4.78 is 0. The lowest BCUT2D eigenvalue weighted by Gasteiger charge is -2.01. The molecule has 0 radical (unpaired) electrons. The standard InChI is InChI=1S/C12H16N2O/c1-10(2)8-12(15)14-13-9-11-6-4-3-5-7-11/h3-7,9-10H,8H2,1-2H3,(H,14,15). The van der Waals surface area contributed by atoms with Crippen LogP contribution in [0.1, 0.15) is 25.8 Å². The smallest absolute Gasteiger partial charge is 0.240 e. The van der Waals surface area contributed by atoms with Gasteiger partial charge >= 0.3 is 0 Å². The van der Waals surface area contributed by atoms with Crippen LogP contribution >= 0.6 is 0 Å². The second-order valence-corrected chi connectivity index (χ2v) is 3.80. The van der Waals surface area contributed by atoms with Gasteiger partial charge in [0.2, 0.25) is 5.91 Å². The molecule has 0 aliphatic heterocycles. The van der Waals surface area contributed by atoms with Crippen LogP contribution in [-0.4, -0.2) is 12.1 Å². The molecule has 0 saturated carbocycles. The highest BCUT2D eigenvalue weighted by Gasteiger charge is 2.01. The van der Waals surface area contributed by atoms with Gasteiger partial charge in [-0.1, -0.05) is 44.2 Å². The van der Waals surface area contributed by atoms with Gasteiger partial charge in [0.1, 0.15) is 0 Å². The molecule has 0 aromatic heterocycles. The molecule has 0 aliphatic carbocycles. The predicted octanol–water partition coefficient (Wildman–Crippen LogP) is 2.18. The Bertz CT molecular complexity index is 331. The molecule has 1 aromatic rings. The van der Waals surface area contributed by atoms with Gasteiger partial charge < -0.3 is 0 Å². The van der Waals surface area contributed by atoms with E-state index >= 15 is 0 Å². The number of carbonyl (C=O) groups excluding carboxylic acids is 1. The normalized spacial score (nSPS) is 10.9. The van der Waals surface area contributed by atoms with Crippen LogP contribution in [0.2, 0.25) is 0 Å². The Labute approximate surface area is 90.2 Å². The molecule has 1 aromatic carbocycles. The van der Waals surface area contributed by atoms with E-state index in [1.165, 1.54) is 0 Å². The fraction of sp³-hybridized carbons (Fsp3) is 0.333. The maximum absolute atomic E-state index is 11.2. The minimum Gasteiger partial charge on any atom is -0.273 e.